The van der Waals surface area contributed by atoms with Crippen LogP contribution in [0.15, 0.2) is 56.8 Å². The number of allylic oxidation sites excluding steroid dienone is 1. The molecule has 2 heterocycles. The van der Waals surface area contributed by atoms with Crippen molar-refractivity contribution in [3.63, 3.8) is 0 Å². The number of hydrogen-bond donors (Lipinski definition) is 1. The van der Waals surface area contributed by atoms with Crippen molar-refractivity contribution in [1.82, 2.24) is 4.98 Å². The standard InChI is InChI=1S/C19H12F3N3O5/c20-19(21,22)11-3-5-13-15(8-11)24-9-14(18(13)27)16(26)10-23-7-1-2-12-4-6-17(30-12)25(28)29/h1-9H,10H2,(H,24,27)/b2-1+,23-7?. The van der Waals surface area contributed by atoms with Gasteiger partial charge in [0.05, 0.1) is 17.2 Å². The third-order valence-electron chi connectivity index (χ3n) is 3.99. The first kappa shape index (κ1) is 20.7. The number of furan rings is 1. The number of nitrogens with zero attached hydrogens (tertiary/aromatic N) is 2. The molecule has 0 saturated carbocycles. The predicted octanol–water partition coefficient (Wildman–Crippen LogP) is 4.02. The van der Waals surface area contributed by atoms with E-state index in [1.165, 1.54) is 30.5 Å². The smallest absolute Gasteiger partial charge is 0.401 e. The lowest BCUT2D eigenvalue weighted by atomic mass is 10.1. The molecule has 11 heteroatoms. The molecule has 0 atom stereocenters. The number of aliphatic imine (C=N–C) groups is 1. The molecule has 0 spiro atoms. The van der Waals surface area contributed by atoms with E-state index in [9.17, 15) is 32.9 Å². The number of hydrogen-bond acceptors (Lipinski definition) is 6. The quantitative estimate of drug-likeness (QED) is 0.280. The molecule has 0 unspecified atom stereocenters. The number of alkyl halides is 3. The number of carbonyl (C=O) groups excluding carboxylic acids is 1. The highest BCUT2D eigenvalue weighted by Crippen LogP contribution is 2.30. The normalized spacial score (nSPS) is 12.2. The lowest BCUT2D eigenvalue weighted by Gasteiger charge is -2.08. The van der Waals surface area contributed by atoms with Gasteiger partial charge >= 0.3 is 12.1 Å². The first-order valence-electron chi connectivity index (χ1n) is 8.33. The van der Waals surface area contributed by atoms with Gasteiger partial charge in [0.15, 0.2) is 11.2 Å². The van der Waals surface area contributed by atoms with Gasteiger partial charge in [0.2, 0.25) is 0 Å². The summed E-state index contributed by atoms with van der Waals surface area (Å²) in [5.74, 6) is -0.834. The fourth-order valence-electron chi connectivity index (χ4n) is 2.56. The van der Waals surface area contributed by atoms with Crippen LogP contribution in [0, 0.1) is 10.1 Å². The van der Waals surface area contributed by atoms with E-state index in [2.05, 4.69) is 9.98 Å². The van der Waals surface area contributed by atoms with Crippen molar-refractivity contribution in [2.24, 2.45) is 4.99 Å². The Labute approximate surface area is 165 Å². The second-order valence-corrected chi connectivity index (χ2v) is 5.99. The topological polar surface area (TPSA) is 119 Å². The van der Waals surface area contributed by atoms with Crippen molar-refractivity contribution < 1.29 is 27.3 Å². The number of ketones is 1. The molecule has 0 aliphatic rings. The molecule has 8 nitrogen and oxygen atoms in total. The maximum Gasteiger partial charge on any atom is 0.433 e. The van der Waals surface area contributed by atoms with Gasteiger partial charge < -0.3 is 9.40 Å². The molecule has 3 aromatic rings. The molecule has 1 aromatic carbocycles. The summed E-state index contributed by atoms with van der Waals surface area (Å²) in [6, 6.07) is 5.15. The number of halogens is 3. The Morgan fingerprint density at radius 1 is 1.27 bits per heavy atom. The van der Waals surface area contributed by atoms with Crippen LogP contribution in [0.4, 0.5) is 19.1 Å². The minimum Gasteiger partial charge on any atom is -0.401 e. The highest BCUT2D eigenvalue weighted by molar-refractivity contribution is 6.00. The summed E-state index contributed by atoms with van der Waals surface area (Å²) >= 11 is 0. The number of H-pyrrole nitrogens is 1. The molecule has 1 N–H and O–H groups in total. The van der Waals surface area contributed by atoms with Gasteiger partial charge in [-0.15, -0.1) is 0 Å². The number of nitrogens with one attached hydrogen (secondary N) is 1. The lowest BCUT2D eigenvalue weighted by molar-refractivity contribution is -0.402. The van der Waals surface area contributed by atoms with Crippen LogP contribution in [0.3, 0.4) is 0 Å². The van der Waals surface area contributed by atoms with E-state index in [4.69, 9.17) is 4.42 Å². The van der Waals surface area contributed by atoms with Gasteiger partial charge in [0, 0.05) is 23.3 Å². The molecule has 0 aliphatic heterocycles. The molecule has 0 aliphatic carbocycles. The van der Waals surface area contributed by atoms with Crippen LogP contribution in [-0.4, -0.2) is 28.4 Å². The van der Waals surface area contributed by atoms with Gasteiger partial charge in [-0.05, 0) is 36.4 Å². The van der Waals surface area contributed by atoms with Crippen molar-refractivity contribution in [2.75, 3.05) is 6.54 Å². The average Bonchev–Trinajstić information content (AvgIpc) is 3.16. The van der Waals surface area contributed by atoms with Crippen molar-refractivity contribution in [1.29, 1.82) is 0 Å². The summed E-state index contributed by atoms with van der Waals surface area (Å²) in [4.78, 5) is 40.8. The number of aromatic amines is 1. The van der Waals surface area contributed by atoms with Crippen LogP contribution < -0.4 is 5.43 Å². The Morgan fingerprint density at radius 2 is 2.03 bits per heavy atom. The summed E-state index contributed by atoms with van der Waals surface area (Å²) in [5.41, 5.74) is -1.88. The van der Waals surface area contributed by atoms with Crippen LogP contribution in [0.2, 0.25) is 0 Å². The predicted molar refractivity (Wildman–Crippen MR) is 102 cm³/mol. The minimum absolute atomic E-state index is 0.0367. The number of pyridine rings is 1. The Morgan fingerprint density at radius 3 is 2.70 bits per heavy atom. The fraction of sp³-hybridized carbons (Fsp3) is 0.105. The van der Waals surface area contributed by atoms with Crippen LogP contribution in [0.5, 0.6) is 0 Å². The second kappa shape index (κ2) is 8.15. The molecule has 0 fully saturated rings. The van der Waals surface area contributed by atoms with Crippen molar-refractivity contribution >= 4 is 34.9 Å². The first-order chi connectivity index (χ1) is 14.2. The highest BCUT2D eigenvalue weighted by Gasteiger charge is 2.30. The summed E-state index contributed by atoms with van der Waals surface area (Å²) < 4.78 is 43.2. The van der Waals surface area contributed by atoms with Crippen LogP contribution in [0.1, 0.15) is 21.7 Å². The Hall–Kier alpha value is -4.02. The van der Waals surface area contributed by atoms with Gasteiger partial charge in [-0.2, -0.15) is 13.2 Å². The van der Waals surface area contributed by atoms with E-state index >= 15 is 0 Å². The van der Waals surface area contributed by atoms with Gasteiger partial charge in [-0.1, -0.05) is 0 Å². The molecule has 2 aromatic heterocycles. The van der Waals surface area contributed by atoms with Crippen LogP contribution in [0.25, 0.3) is 17.0 Å². The van der Waals surface area contributed by atoms with Gasteiger partial charge in [-0.3, -0.25) is 24.7 Å². The van der Waals surface area contributed by atoms with Crippen molar-refractivity contribution in [2.45, 2.75) is 6.18 Å². The molecular weight excluding hydrogens is 407 g/mol. The highest BCUT2D eigenvalue weighted by atomic mass is 19.4. The number of aromatic nitrogens is 1. The molecule has 154 valence electrons. The zero-order valence-electron chi connectivity index (χ0n) is 15.0. The average molecular weight is 419 g/mol. The Balaban J connectivity index is 1.71. The largest absolute Gasteiger partial charge is 0.433 e. The first-order valence-corrected chi connectivity index (χ1v) is 8.33. The van der Waals surface area contributed by atoms with E-state index in [-0.39, 0.29) is 28.8 Å². The number of Topliss-reactive ketones (excluding diaryl/α,β-unsaturated/α-hetero) is 1. The number of carbonyl (C=O) groups is 1. The van der Waals surface area contributed by atoms with Gasteiger partial charge in [0.25, 0.3) is 0 Å². The Kier molecular flexibility index (Phi) is 5.63. The monoisotopic (exact) mass is 419 g/mol. The summed E-state index contributed by atoms with van der Waals surface area (Å²) in [6.45, 7) is -0.377. The number of rotatable bonds is 6. The molecule has 0 bridgehead atoms. The van der Waals surface area contributed by atoms with Gasteiger partial charge in [-0.25, -0.2) is 0 Å². The number of nitro groups is 1. The maximum atomic E-state index is 12.8. The third kappa shape index (κ3) is 4.51. The molecule has 3 rings (SSSR count). The zero-order valence-corrected chi connectivity index (χ0v) is 15.0. The minimum atomic E-state index is -4.55. The molecule has 0 radical (unpaired) electrons. The van der Waals surface area contributed by atoms with Crippen molar-refractivity contribution in [3.8, 4) is 0 Å². The molecule has 0 saturated heterocycles. The van der Waals surface area contributed by atoms with E-state index in [1.54, 1.807) is 0 Å². The van der Waals surface area contributed by atoms with E-state index in [0.29, 0.717) is 0 Å². The van der Waals surface area contributed by atoms with Crippen molar-refractivity contribution in [3.05, 3.63) is 79.8 Å². The van der Waals surface area contributed by atoms with E-state index in [0.717, 1.165) is 24.4 Å². The van der Waals surface area contributed by atoms with E-state index < -0.39 is 33.8 Å². The number of fused-ring (bicyclic) bond motifs is 1. The number of benzene rings is 1. The summed E-state index contributed by atoms with van der Waals surface area (Å²) in [7, 11) is 0. The SMILES string of the molecule is O=C(CN=C/C=C/c1ccc([N+](=O)[O-])o1)c1c[nH]c2cc(C(F)(F)F)ccc2c1=O. The lowest BCUT2D eigenvalue weighted by Crippen LogP contribution is -2.18. The fourth-order valence-corrected chi connectivity index (χ4v) is 2.56. The molecule has 30 heavy (non-hydrogen) atoms. The molecular formula is C19H12F3N3O5. The zero-order chi connectivity index (χ0) is 21.9. The van der Waals surface area contributed by atoms with Crippen LogP contribution in [-0.2, 0) is 6.18 Å². The van der Waals surface area contributed by atoms with Crippen LogP contribution >= 0.6 is 0 Å². The second-order valence-electron chi connectivity index (χ2n) is 5.99. The van der Waals surface area contributed by atoms with Gasteiger partial charge in [0.1, 0.15) is 17.2 Å². The summed E-state index contributed by atoms with van der Waals surface area (Å²) in [5, 5.41) is 10.5. The Bertz CT molecular complexity index is 1240. The maximum absolute atomic E-state index is 12.8. The summed E-state index contributed by atoms with van der Waals surface area (Å²) in [6.07, 6.45) is 0.529. The van der Waals surface area contributed by atoms with E-state index in [1.807, 2.05) is 0 Å². The third-order valence-corrected chi connectivity index (χ3v) is 3.99. The molecule has 0 amide bonds.